The molecule has 0 radical (unpaired) electrons. The summed E-state index contributed by atoms with van der Waals surface area (Å²) in [7, 11) is 0. The van der Waals surface area contributed by atoms with E-state index in [-0.39, 0.29) is 38.1 Å². The first-order valence-electron chi connectivity index (χ1n) is 17.3. The van der Waals surface area contributed by atoms with Crippen molar-refractivity contribution in [1.29, 1.82) is 0 Å². The molecule has 2 heterocycles. The number of nitrogens with zero attached hydrogens (tertiary/aromatic N) is 1. The van der Waals surface area contributed by atoms with Gasteiger partial charge in [-0.3, -0.25) is 34.1 Å². The van der Waals surface area contributed by atoms with Gasteiger partial charge in [-0.15, -0.1) is 0 Å². The fourth-order valence-corrected chi connectivity index (χ4v) is 5.45. The number of rotatable bonds is 15. The first-order valence-corrected chi connectivity index (χ1v) is 17.3. The Bertz CT molecular complexity index is 1490. The van der Waals surface area contributed by atoms with Crippen molar-refractivity contribution in [2.24, 2.45) is 0 Å². The maximum Gasteiger partial charge on any atom is 0.247 e. The molecule has 276 valence electrons. The van der Waals surface area contributed by atoms with E-state index in [1.165, 1.54) is 11.0 Å². The molecule has 2 aliphatic rings. The summed E-state index contributed by atoms with van der Waals surface area (Å²) in [5, 5.41) is 25.4. The van der Waals surface area contributed by atoms with Crippen molar-refractivity contribution < 1.29 is 33.9 Å². The third-order valence-corrected chi connectivity index (χ3v) is 8.21. The Morgan fingerprint density at radius 2 is 1.67 bits per heavy atom. The molecule has 6 amide bonds. The summed E-state index contributed by atoms with van der Waals surface area (Å²) in [6, 6.07) is 5.88. The maximum atomic E-state index is 13.5. The Hall–Kier alpha value is -5.08. The fraction of sp³-hybridized carbons (Fsp3) is 0.459. The van der Waals surface area contributed by atoms with Gasteiger partial charge in [-0.2, -0.15) is 0 Å². The zero-order valence-corrected chi connectivity index (χ0v) is 29.5. The van der Waals surface area contributed by atoms with Crippen molar-refractivity contribution in [2.45, 2.75) is 89.2 Å². The van der Waals surface area contributed by atoms with Gasteiger partial charge in [0.25, 0.3) is 0 Å². The number of nitrogens with one attached hydrogen (secondary N) is 6. The standard InChI is InChI=1S/C37H51N7O7/c1-26(45)16-12-9-7-5-4-6-8-10-15-19-31(46)38-21-20-32(47)39-23-29-34(49)40-24-30-36(51)44(37(2,3)43-30)25-33(48)41-28(35(50)42-29)22-27-17-13-11-14-18-27/h7-11,13-15,17-21,26,28-30,43,45H,4-6,12,16,22-25H2,1-3H3,(H,38,46)(H,39,47)(H,40,49)(H,41,48)(H,42,50)/b9-7+,10-8+,19-15+,21-20+/t26-,28+,29+,30-/m1/s1. The van der Waals surface area contributed by atoms with Crippen LogP contribution in [0.1, 0.15) is 58.4 Å². The fourth-order valence-electron chi connectivity index (χ4n) is 5.45. The minimum Gasteiger partial charge on any atom is -0.393 e. The smallest absolute Gasteiger partial charge is 0.247 e. The van der Waals surface area contributed by atoms with Gasteiger partial charge in [0.15, 0.2) is 0 Å². The maximum absolute atomic E-state index is 13.5. The van der Waals surface area contributed by atoms with E-state index in [9.17, 15) is 33.9 Å². The number of carbonyl (C=O) groups is 6. The van der Waals surface area contributed by atoms with Crippen LogP contribution in [-0.2, 0) is 35.2 Å². The Balaban J connectivity index is 1.55. The number of fused-ring (bicyclic) bond motifs is 2. The van der Waals surface area contributed by atoms with Crippen molar-refractivity contribution in [3.8, 4) is 0 Å². The SMILES string of the molecule is C[C@@H](O)CC/C=C/CCC/C=C/C=C/C(=O)N/C=C/C(=O)NC[C@@H]1NC(=O)[C@H](Cc2ccccc2)NC(=O)CN2C(=O)[C@@H](CNC1=O)NC2(C)C. The van der Waals surface area contributed by atoms with Gasteiger partial charge in [-0.1, -0.05) is 60.7 Å². The highest BCUT2D eigenvalue weighted by Gasteiger charge is 2.45. The Kier molecular flexibility index (Phi) is 16.3. The lowest BCUT2D eigenvalue weighted by atomic mass is 10.0. The Labute approximate surface area is 299 Å². The minimum absolute atomic E-state index is 0.107. The highest BCUT2D eigenvalue weighted by atomic mass is 16.3. The van der Waals surface area contributed by atoms with Gasteiger partial charge < -0.3 is 36.6 Å². The molecule has 1 aromatic carbocycles. The van der Waals surface area contributed by atoms with Crippen molar-refractivity contribution in [1.82, 2.24) is 36.8 Å². The molecule has 4 atom stereocenters. The van der Waals surface area contributed by atoms with Crippen molar-refractivity contribution >= 4 is 35.4 Å². The molecule has 51 heavy (non-hydrogen) atoms. The van der Waals surface area contributed by atoms with Gasteiger partial charge in [-0.25, -0.2) is 0 Å². The first kappa shape index (κ1) is 40.4. The monoisotopic (exact) mass is 705 g/mol. The summed E-state index contributed by atoms with van der Waals surface area (Å²) in [5.74, 6) is -3.28. The lowest BCUT2D eigenvalue weighted by Crippen LogP contribution is -2.59. The molecule has 0 saturated carbocycles. The largest absolute Gasteiger partial charge is 0.393 e. The van der Waals surface area contributed by atoms with Gasteiger partial charge >= 0.3 is 0 Å². The van der Waals surface area contributed by atoms with Crippen LogP contribution < -0.4 is 31.9 Å². The molecular weight excluding hydrogens is 654 g/mol. The number of carbonyl (C=O) groups excluding carboxylic acids is 6. The zero-order chi connectivity index (χ0) is 37.2. The van der Waals surface area contributed by atoms with Crippen LogP contribution in [0.15, 0.2) is 79.1 Å². The van der Waals surface area contributed by atoms with Crippen LogP contribution >= 0.6 is 0 Å². The summed E-state index contributed by atoms with van der Waals surface area (Å²) < 4.78 is 0. The normalized spacial score (nSPS) is 22.0. The Morgan fingerprint density at radius 1 is 0.941 bits per heavy atom. The average molecular weight is 706 g/mol. The second-order valence-electron chi connectivity index (χ2n) is 13.0. The highest BCUT2D eigenvalue weighted by molar-refractivity contribution is 5.96. The summed E-state index contributed by atoms with van der Waals surface area (Å²) in [4.78, 5) is 79.1. The quantitative estimate of drug-likeness (QED) is 0.0596. The molecule has 2 aliphatic heterocycles. The zero-order valence-electron chi connectivity index (χ0n) is 29.5. The molecule has 2 saturated heterocycles. The second-order valence-corrected chi connectivity index (χ2v) is 13.0. The number of unbranched alkanes of at least 4 members (excludes halogenated alkanes) is 2. The van der Waals surface area contributed by atoms with E-state index in [2.05, 4.69) is 44.1 Å². The molecule has 0 spiro atoms. The topological polar surface area (TPSA) is 198 Å². The molecule has 1 aromatic rings. The molecule has 14 nitrogen and oxygen atoms in total. The lowest BCUT2D eigenvalue weighted by Gasteiger charge is -2.31. The van der Waals surface area contributed by atoms with E-state index < -0.39 is 53.3 Å². The molecule has 0 unspecified atom stereocenters. The number of amides is 6. The van der Waals surface area contributed by atoms with E-state index in [4.69, 9.17) is 0 Å². The summed E-state index contributed by atoms with van der Waals surface area (Å²) in [6.07, 6.45) is 17.2. The van der Waals surface area contributed by atoms with Gasteiger partial charge in [0.05, 0.1) is 11.8 Å². The second kappa shape index (κ2) is 20.6. The van der Waals surface area contributed by atoms with Crippen molar-refractivity contribution in [3.63, 3.8) is 0 Å². The summed E-state index contributed by atoms with van der Waals surface area (Å²) in [6.45, 7) is 4.55. The van der Waals surface area contributed by atoms with Gasteiger partial charge in [0, 0.05) is 37.9 Å². The molecule has 2 fully saturated rings. The van der Waals surface area contributed by atoms with Crippen LogP contribution in [0, 0.1) is 0 Å². The van der Waals surface area contributed by atoms with E-state index in [0.29, 0.717) is 0 Å². The van der Waals surface area contributed by atoms with Gasteiger partial charge in [0.2, 0.25) is 35.4 Å². The number of hydrogen-bond acceptors (Lipinski definition) is 8. The number of allylic oxidation sites excluding steroid dienone is 5. The predicted octanol–water partition coefficient (Wildman–Crippen LogP) is 0.611. The van der Waals surface area contributed by atoms with E-state index in [0.717, 1.165) is 49.9 Å². The Morgan fingerprint density at radius 3 is 2.41 bits per heavy atom. The average Bonchev–Trinajstić information content (AvgIpc) is 3.30. The molecule has 2 bridgehead atoms. The first-order chi connectivity index (χ1) is 24.4. The van der Waals surface area contributed by atoms with E-state index >= 15 is 0 Å². The molecule has 14 heteroatoms. The van der Waals surface area contributed by atoms with E-state index in [1.807, 2.05) is 12.1 Å². The van der Waals surface area contributed by atoms with Crippen LogP contribution in [0.2, 0.25) is 0 Å². The molecule has 7 N–H and O–H groups in total. The summed E-state index contributed by atoms with van der Waals surface area (Å²) >= 11 is 0. The summed E-state index contributed by atoms with van der Waals surface area (Å²) in [5.41, 5.74) is -0.121. The molecular formula is C37H51N7O7. The van der Waals surface area contributed by atoms with Crippen LogP contribution in [0.3, 0.4) is 0 Å². The third-order valence-electron chi connectivity index (χ3n) is 8.21. The van der Waals surface area contributed by atoms with Crippen LogP contribution in [0.5, 0.6) is 0 Å². The third kappa shape index (κ3) is 14.4. The van der Waals surface area contributed by atoms with Crippen LogP contribution in [0.25, 0.3) is 0 Å². The number of aliphatic hydroxyl groups excluding tert-OH is 1. The number of benzene rings is 1. The predicted molar refractivity (Wildman–Crippen MR) is 192 cm³/mol. The highest BCUT2D eigenvalue weighted by Crippen LogP contribution is 2.20. The van der Waals surface area contributed by atoms with Crippen LogP contribution in [0.4, 0.5) is 0 Å². The van der Waals surface area contributed by atoms with Gasteiger partial charge in [0.1, 0.15) is 24.7 Å². The lowest BCUT2D eigenvalue weighted by molar-refractivity contribution is -0.137. The van der Waals surface area contributed by atoms with Gasteiger partial charge in [-0.05, 0) is 58.4 Å². The van der Waals surface area contributed by atoms with Crippen molar-refractivity contribution in [2.75, 3.05) is 19.6 Å². The number of aliphatic hydroxyl groups is 1. The van der Waals surface area contributed by atoms with Crippen molar-refractivity contribution in [3.05, 3.63) is 84.6 Å². The van der Waals surface area contributed by atoms with E-state index in [1.54, 1.807) is 57.2 Å². The number of hydrogen-bond donors (Lipinski definition) is 7. The molecule has 0 aliphatic carbocycles. The molecule has 3 rings (SSSR count). The van der Waals surface area contributed by atoms with Crippen LogP contribution in [-0.4, -0.2) is 95.0 Å². The minimum atomic E-state index is -1.25. The molecule has 0 aromatic heterocycles.